The van der Waals surface area contributed by atoms with Crippen molar-refractivity contribution in [1.29, 1.82) is 0 Å². The van der Waals surface area contributed by atoms with Gasteiger partial charge in [0.25, 0.3) is 5.69 Å². The van der Waals surface area contributed by atoms with E-state index in [4.69, 9.17) is 9.15 Å². The summed E-state index contributed by atoms with van der Waals surface area (Å²) in [6.07, 6.45) is 0.589. The zero-order chi connectivity index (χ0) is 18.8. The molecule has 0 atom stereocenters. The van der Waals surface area contributed by atoms with E-state index in [1.54, 1.807) is 6.92 Å². The number of rotatable bonds is 4. The van der Waals surface area contributed by atoms with Crippen molar-refractivity contribution in [3.05, 3.63) is 79.7 Å². The van der Waals surface area contributed by atoms with E-state index in [0.29, 0.717) is 12.0 Å². The fourth-order valence-electron chi connectivity index (χ4n) is 2.67. The van der Waals surface area contributed by atoms with Crippen molar-refractivity contribution >= 4 is 22.6 Å². The molecule has 0 aliphatic heterocycles. The summed E-state index contributed by atoms with van der Waals surface area (Å²) in [6.45, 7) is 3.70. The highest BCUT2D eigenvalue weighted by atomic mass is 16.6. The van der Waals surface area contributed by atoms with E-state index in [1.807, 2.05) is 13.0 Å². The number of nitro benzene ring substituents is 1. The molecule has 3 aromatic rings. The molecule has 1 heterocycles. The van der Waals surface area contributed by atoms with Crippen LogP contribution in [-0.2, 0) is 6.42 Å². The highest BCUT2D eigenvalue weighted by Gasteiger charge is 2.16. The van der Waals surface area contributed by atoms with Crippen LogP contribution in [0.15, 0.2) is 51.7 Å². The molecule has 1 aromatic heterocycles. The number of non-ortho nitro benzene ring substituents is 1. The van der Waals surface area contributed by atoms with Gasteiger partial charge < -0.3 is 9.15 Å². The zero-order valence-corrected chi connectivity index (χ0v) is 14.1. The summed E-state index contributed by atoms with van der Waals surface area (Å²) in [4.78, 5) is 34.2. The van der Waals surface area contributed by atoms with Crippen LogP contribution in [0.3, 0.4) is 0 Å². The smallest absolute Gasteiger partial charge is 0.343 e. The summed E-state index contributed by atoms with van der Waals surface area (Å²) in [5, 5.41) is 11.6. The van der Waals surface area contributed by atoms with E-state index in [9.17, 15) is 19.7 Å². The minimum atomic E-state index is -0.724. The molecule has 7 nitrogen and oxygen atoms in total. The van der Waals surface area contributed by atoms with Gasteiger partial charge in [0.1, 0.15) is 11.3 Å². The number of carbonyl (C=O) groups excluding carboxylic acids is 1. The van der Waals surface area contributed by atoms with Crippen LogP contribution in [0.2, 0.25) is 0 Å². The van der Waals surface area contributed by atoms with Crippen LogP contribution in [0.4, 0.5) is 5.69 Å². The normalized spacial score (nSPS) is 10.7. The van der Waals surface area contributed by atoms with Crippen LogP contribution < -0.4 is 10.4 Å². The second-order valence-electron chi connectivity index (χ2n) is 5.76. The number of nitrogens with zero attached hydrogens (tertiary/aromatic N) is 1. The minimum Gasteiger partial charge on any atom is -0.423 e. The molecule has 0 spiro atoms. The lowest BCUT2D eigenvalue weighted by molar-refractivity contribution is -0.384. The number of hydrogen-bond acceptors (Lipinski definition) is 6. The standard InChI is InChI=1S/C19H15NO6/c1-3-12-9-15-11(2)7-18(21)25-17(15)10-16(12)26-19(22)13-5-4-6-14(8-13)20(23)24/h4-10H,3H2,1-2H3. The van der Waals surface area contributed by atoms with Crippen molar-refractivity contribution in [1.82, 2.24) is 0 Å². The highest BCUT2D eigenvalue weighted by molar-refractivity contribution is 5.92. The zero-order valence-electron chi connectivity index (χ0n) is 14.1. The summed E-state index contributed by atoms with van der Waals surface area (Å²) >= 11 is 0. The Morgan fingerprint density at radius 1 is 1.23 bits per heavy atom. The van der Waals surface area contributed by atoms with Gasteiger partial charge in [-0.05, 0) is 36.6 Å². The SMILES string of the molecule is CCc1cc2c(C)cc(=O)oc2cc1OC(=O)c1cccc([N+](=O)[O-])c1. The molecule has 132 valence electrons. The summed E-state index contributed by atoms with van der Waals surface area (Å²) in [5.41, 5.74) is 1.21. The van der Waals surface area contributed by atoms with E-state index < -0.39 is 16.5 Å². The van der Waals surface area contributed by atoms with Crippen LogP contribution in [0.25, 0.3) is 11.0 Å². The second-order valence-corrected chi connectivity index (χ2v) is 5.76. The summed E-state index contributed by atoms with van der Waals surface area (Å²) in [5.74, 6) is -0.469. The molecule has 3 rings (SSSR count). The lowest BCUT2D eigenvalue weighted by Gasteiger charge is -2.11. The third-order valence-electron chi connectivity index (χ3n) is 4.01. The molecule has 0 amide bonds. The van der Waals surface area contributed by atoms with Crippen LogP contribution in [-0.4, -0.2) is 10.9 Å². The molecule has 0 radical (unpaired) electrons. The van der Waals surface area contributed by atoms with Crippen LogP contribution in [0.1, 0.15) is 28.4 Å². The average molecular weight is 353 g/mol. The fourth-order valence-corrected chi connectivity index (χ4v) is 2.67. The third kappa shape index (κ3) is 3.32. The van der Waals surface area contributed by atoms with E-state index in [-0.39, 0.29) is 17.0 Å². The van der Waals surface area contributed by atoms with Crippen molar-refractivity contribution in [2.45, 2.75) is 20.3 Å². The predicted molar refractivity (Wildman–Crippen MR) is 94.7 cm³/mol. The number of aryl methyl sites for hydroxylation is 2. The first-order valence-electron chi connectivity index (χ1n) is 7.93. The summed E-state index contributed by atoms with van der Waals surface area (Å²) in [7, 11) is 0. The van der Waals surface area contributed by atoms with Crippen molar-refractivity contribution in [2.75, 3.05) is 0 Å². The molecule has 0 aliphatic rings. The van der Waals surface area contributed by atoms with Gasteiger partial charge in [0, 0.05) is 29.7 Å². The van der Waals surface area contributed by atoms with Gasteiger partial charge in [-0.15, -0.1) is 0 Å². The monoisotopic (exact) mass is 353 g/mol. The number of fused-ring (bicyclic) bond motifs is 1. The number of hydrogen-bond donors (Lipinski definition) is 0. The molecule has 26 heavy (non-hydrogen) atoms. The maximum atomic E-state index is 12.4. The van der Waals surface area contributed by atoms with Crippen molar-refractivity contribution in [3.8, 4) is 5.75 Å². The molecular formula is C19H15NO6. The van der Waals surface area contributed by atoms with Gasteiger partial charge in [-0.2, -0.15) is 0 Å². The first-order valence-corrected chi connectivity index (χ1v) is 7.93. The molecule has 0 saturated heterocycles. The Morgan fingerprint density at radius 2 is 2.00 bits per heavy atom. The molecule has 0 saturated carbocycles. The molecule has 2 aromatic carbocycles. The Kier molecular flexibility index (Phi) is 4.53. The maximum absolute atomic E-state index is 12.4. The fraction of sp³-hybridized carbons (Fsp3) is 0.158. The predicted octanol–water partition coefficient (Wildman–Crippen LogP) is 3.79. The number of nitro groups is 1. The highest BCUT2D eigenvalue weighted by Crippen LogP contribution is 2.28. The van der Waals surface area contributed by atoms with Crippen molar-refractivity contribution < 1.29 is 18.9 Å². The number of esters is 1. The van der Waals surface area contributed by atoms with E-state index in [0.717, 1.165) is 22.6 Å². The van der Waals surface area contributed by atoms with Gasteiger partial charge in [0.05, 0.1) is 10.5 Å². The van der Waals surface area contributed by atoms with Gasteiger partial charge in [0.2, 0.25) is 0 Å². The molecule has 0 aliphatic carbocycles. The Hall–Kier alpha value is -3.48. The average Bonchev–Trinajstić information content (AvgIpc) is 2.61. The number of carbonyl (C=O) groups is 1. The molecule has 0 fully saturated rings. The van der Waals surface area contributed by atoms with Gasteiger partial charge in [-0.1, -0.05) is 13.0 Å². The van der Waals surface area contributed by atoms with Crippen LogP contribution >= 0.6 is 0 Å². The second kappa shape index (κ2) is 6.79. The van der Waals surface area contributed by atoms with Gasteiger partial charge in [-0.25, -0.2) is 9.59 Å². The molecule has 0 unspecified atom stereocenters. The first-order chi connectivity index (χ1) is 12.4. The van der Waals surface area contributed by atoms with Crippen LogP contribution in [0.5, 0.6) is 5.75 Å². The number of ether oxygens (including phenoxy) is 1. The van der Waals surface area contributed by atoms with E-state index in [2.05, 4.69) is 0 Å². The van der Waals surface area contributed by atoms with Crippen molar-refractivity contribution in [2.24, 2.45) is 0 Å². The first kappa shape index (κ1) is 17.3. The van der Waals surface area contributed by atoms with E-state index >= 15 is 0 Å². The topological polar surface area (TPSA) is 99.7 Å². The van der Waals surface area contributed by atoms with Gasteiger partial charge in [0.15, 0.2) is 0 Å². The summed E-state index contributed by atoms with van der Waals surface area (Å²) in [6, 6.07) is 10.0. The third-order valence-corrected chi connectivity index (χ3v) is 4.01. The largest absolute Gasteiger partial charge is 0.423 e. The Balaban J connectivity index is 2.02. The maximum Gasteiger partial charge on any atom is 0.343 e. The molecule has 7 heteroatoms. The Morgan fingerprint density at radius 3 is 2.69 bits per heavy atom. The lowest BCUT2D eigenvalue weighted by atomic mass is 10.1. The minimum absolute atomic E-state index is 0.0621. The van der Waals surface area contributed by atoms with E-state index in [1.165, 1.54) is 30.3 Å². The van der Waals surface area contributed by atoms with Crippen molar-refractivity contribution in [3.63, 3.8) is 0 Å². The lowest BCUT2D eigenvalue weighted by Crippen LogP contribution is -2.10. The Labute approximate surface area is 148 Å². The molecular weight excluding hydrogens is 338 g/mol. The van der Waals surface area contributed by atoms with Gasteiger partial charge in [-0.3, -0.25) is 10.1 Å². The van der Waals surface area contributed by atoms with Gasteiger partial charge >= 0.3 is 11.6 Å². The Bertz CT molecular complexity index is 1080. The summed E-state index contributed by atoms with van der Waals surface area (Å²) < 4.78 is 10.6. The molecule has 0 N–H and O–H groups in total. The van der Waals surface area contributed by atoms with Crippen LogP contribution in [0, 0.1) is 17.0 Å². The molecule has 0 bridgehead atoms. The number of benzene rings is 2. The quantitative estimate of drug-likeness (QED) is 0.233.